The smallest absolute Gasteiger partial charge is 0.310 e. The normalized spacial score (nSPS) is 10.2. The van der Waals surface area contributed by atoms with Gasteiger partial charge in [-0.15, -0.1) is 0 Å². The molecule has 0 radical (unpaired) electrons. The molecule has 0 spiro atoms. The molecule has 0 unspecified atom stereocenters. The first-order valence-electron chi connectivity index (χ1n) is 7.30. The largest absolute Gasteiger partial charge is 0.479 e. The van der Waals surface area contributed by atoms with Gasteiger partial charge in [0.2, 0.25) is 0 Å². The molecule has 2 aromatic heterocycles. The Morgan fingerprint density at radius 3 is 2.68 bits per heavy atom. The maximum absolute atomic E-state index is 12.1. The highest BCUT2D eigenvalue weighted by Gasteiger charge is 2.15. The van der Waals surface area contributed by atoms with Gasteiger partial charge in [0.25, 0.3) is 5.91 Å². The van der Waals surface area contributed by atoms with Crippen molar-refractivity contribution in [3.05, 3.63) is 82.6 Å². The molecule has 0 fully saturated rings. The lowest BCUT2D eigenvalue weighted by Crippen LogP contribution is -2.10. The summed E-state index contributed by atoms with van der Waals surface area (Å²) in [6, 6.07) is 12.4. The van der Waals surface area contributed by atoms with E-state index in [0.29, 0.717) is 11.4 Å². The number of anilines is 1. The standard InChI is InChI=1S/C17H13N3O5/c21-17(19-12-7-9-18-10-8-12)16-6-5-13(25-16)11-24-15-4-2-1-3-14(15)20(22)23/h1-10H,11H2,(H,18,19,21). The number of carbonyl (C=O) groups is 1. The summed E-state index contributed by atoms with van der Waals surface area (Å²) in [6.07, 6.45) is 3.12. The molecule has 25 heavy (non-hydrogen) atoms. The molecule has 3 rings (SSSR count). The lowest BCUT2D eigenvalue weighted by Gasteiger charge is -2.05. The first-order valence-corrected chi connectivity index (χ1v) is 7.30. The van der Waals surface area contributed by atoms with Gasteiger partial charge in [-0.3, -0.25) is 19.9 Å². The van der Waals surface area contributed by atoms with Crippen molar-refractivity contribution in [3.8, 4) is 5.75 Å². The van der Waals surface area contributed by atoms with E-state index in [1.807, 2.05) is 0 Å². The molecule has 0 aliphatic heterocycles. The second kappa shape index (κ2) is 7.26. The summed E-state index contributed by atoms with van der Waals surface area (Å²) in [6.45, 7) is -0.0343. The van der Waals surface area contributed by atoms with E-state index >= 15 is 0 Å². The van der Waals surface area contributed by atoms with Crippen LogP contribution in [0.15, 0.2) is 65.3 Å². The van der Waals surface area contributed by atoms with Gasteiger partial charge in [0.15, 0.2) is 11.5 Å². The highest BCUT2D eigenvalue weighted by Crippen LogP contribution is 2.26. The number of hydrogen-bond donors (Lipinski definition) is 1. The molecule has 2 heterocycles. The Balaban J connectivity index is 1.64. The number of carbonyl (C=O) groups excluding carboxylic acids is 1. The van der Waals surface area contributed by atoms with Crippen LogP contribution in [0.3, 0.4) is 0 Å². The maximum atomic E-state index is 12.1. The number of amides is 1. The van der Waals surface area contributed by atoms with E-state index in [1.165, 1.54) is 18.2 Å². The first kappa shape index (κ1) is 16.2. The van der Waals surface area contributed by atoms with Gasteiger partial charge in [-0.1, -0.05) is 12.1 Å². The van der Waals surface area contributed by atoms with Crippen LogP contribution >= 0.6 is 0 Å². The highest BCUT2D eigenvalue weighted by molar-refractivity contribution is 6.02. The van der Waals surface area contributed by atoms with Crippen LogP contribution in [-0.4, -0.2) is 15.8 Å². The van der Waals surface area contributed by atoms with Crippen LogP contribution in [0.25, 0.3) is 0 Å². The molecule has 126 valence electrons. The number of hydrogen-bond acceptors (Lipinski definition) is 6. The third-order valence-corrected chi connectivity index (χ3v) is 3.26. The van der Waals surface area contributed by atoms with Crippen LogP contribution in [0.5, 0.6) is 5.75 Å². The molecule has 1 N–H and O–H groups in total. The third kappa shape index (κ3) is 3.99. The minimum atomic E-state index is -0.523. The molecule has 0 aliphatic carbocycles. The van der Waals surface area contributed by atoms with Gasteiger partial charge in [-0.25, -0.2) is 0 Å². The van der Waals surface area contributed by atoms with E-state index < -0.39 is 10.8 Å². The van der Waals surface area contributed by atoms with Crippen molar-refractivity contribution in [2.45, 2.75) is 6.61 Å². The Kier molecular flexibility index (Phi) is 4.70. The number of pyridine rings is 1. The SMILES string of the molecule is O=C(Nc1ccncc1)c1ccc(COc2ccccc2[N+](=O)[O-])o1. The average molecular weight is 339 g/mol. The van der Waals surface area contributed by atoms with Gasteiger partial charge in [0.05, 0.1) is 4.92 Å². The molecule has 3 aromatic rings. The summed E-state index contributed by atoms with van der Waals surface area (Å²) in [5.41, 5.74) is 0.457. The van der Waals surface area contributed by atoms with E-state index in [1.54, 1.807) is 42.7 Å². The topological polar surface area (TPSA) is 108 Å². The summed E-state index contributed by atoms with van der Waals surface area (Å²) in [5.74, 6) is 0.200. The van der Waals surface area contributed by atoms with Crippen molar-refractivity contribution in [1.82, 2.24) is 4.98 Å². The molecular weight excluding hydrogens is 326 g/mol. The van der Waals surface area contributed by atoms with E-state index in [-0.39, 0.29) is 23.8 Å². The van der Waals surface area contributed by atoms with Gasteiger partial charge >= 0.3 is 5.69 Å². The lowest BCUT2D eigenvalue weighted by molar-refractivity contribution is -0.386. The fourth-order valence-electron chi connectivity index (χ4n) is 2.08. The Bertz CT molecular complexity index is 892. The number of nitro benzene ring substituents is 1. The van der Waals surface area contributed by atoms with Crippen LogP contribution < -0.4 is 10.1 Å². The Morgan fingerprint density at radius 1 is 1.16 bits per heavy atom. The van der Waals surface area contributed by atoms with Crippen molar-refractivity contribution in [1.29, 1.82) is 0 Å². The van der Waals surface area contributed by atoms with Crippen molar-refractivity contribution in [2.24, 2.45) is 0 Å². The summed E-state index contributed by atoms with van der Waals surface area (Å²) in [4.78, 5) is 26.4. The van der Waals surface area contributed by atoms with Crippen molar-refractivity contribution < 1.29 is 18.9 Å². The zero-order valence-electron chi connectivity index (χ0n) is 12.9. The third-order valence-electron chi connectivity index (χ3n) is 3.26. The molecule has 0 saturated heterocycles. The lowest BCUT2D eigenvalue weighted by atomic mass is 10.3. The van der Waals surface area contributed by atoms with Crippen molar-refractivity contribution >= 4 is 17.3 Å². The van der Waals surface area contributed by atoms with Gasteiger partial charge in [-0.05, 0) is 30.3 Å². The number of rotatable bonds is 6. The fourth-order valence-corrected chi connectivity index (χ4v) is 2.08. The van der Waals surface area contributed by atoms with Crippen LogP contribution in [0, 0.1) is 10.1 Å². The predicted molar refractivity (Wildman–Crippen MR) is 88.3 cm³/mol. The van der Waals surface area contributed by atoms with E-state index in [2.05, 4.69) is 10.3 Å². The summed E-state index contributed by atoms with van der Waals surface area (Å²) < 4.78 is 10.8. The molecule has 0 aliphatic rings. The Labute approximate surface area is 142 Å². The highest BCUT2D eigenvalue weighted by atomic mass is 16.6. The van der Waals surface area contributed by atoms with Crippen molar-refractivity contribution in [2.75, 3.05) is 5.32 Å². The molecule has 0 atom stereocenters. The minimum Gasteiger partial charge on any atom is -0.479 e. The van der Waals surface area contributed by atoms with Gasteiger partial charge in [0, 0.05) is 24.1 Å². The van der Waals surface area contributed by atoms with Crippen LogP contribution in [-0.2, 0) is 6.61 Å². The van der Waals surface area contributed by atoms with Gasteiger partial charge in [-0.2, -0.15) is 0 Å². The predicted octanol–water partition coefficient (Wildman–Crippen LogP) is 3.41. The quantitative estimate of drug-likeness (QED) is 0.544. The van der Waals surface area contributed by atoms with Crippen LogP contribution in [0.1, 0.15) is 16.3 Å². The number of nitro groups is 1. The molecule has 8 heteroatoms. The summed E-state index contributed by atoms with van der Waals surface area (Å²) in [5, 5.41) is 13.6. The van der Waals surface area contributed by atoms with Crippen LogP contribution in [0.4, 0.5) is 11.4 Å². The fraction of sp³-hybridized carbons (Fsp3) is 0.0588. The number of para-hydroxylation sites is 2. The molecule has 0 saturated carbocycles. The molecule has 0 bridgehead atoms. The molecule has 1 aromatic carbocycles. The molecule has 8 nitrogen and oxygen atoms in total. The van der Waals surface area contributed by atoms with Gasteiger partial charge < -0.3 is 14.5 Å². The average Bonchev–Trinajstić information content (AvgIpc) is 3.10. The van der Waals surface area contributed by atoms with E-state index in [9.17, 15) is 14.9 Å². The first-order chi connectivity index (χ1) is 12.1. The second-order valence-corrected chi connectivity index (χ2v) is 4.97. The number of benzene rings is 1. The Hall–Kier alpha value is -3.68. The molecule has 1 amide bonds. The maximum Gasteiger partial charge on any atom is 0.310 e. The number of furan rings is 1. The number of ether oxygens (including phenoxy) is 1. The Morgan fingerprint density at radius 2 is 1.92 bits per heavy atom. The monoisotopic (exact) mass is 339 g/mol. The second-order valence-electron chi connectivity index (χ2n) is 4.97. The zero-order valence-corrected chi connectivity index (χ0v) is 12.9. The number of nitrogens with zero attached hydrogens (tertiary/aromatic N) is 2. The van der Waals surface area contributed by atoms with E-state index in [0.717, 1.165) is 0 Å². The molecular formula is C17H13N3O5. The van der Waals surface area contributed by atoms with Crippen LogP contribution in [0.2, 0.25) is 0 Å². The van der Waals surface area contributed by atoms with Crippen molar-refractivity contribution in [3.63, 3.8) is 0 Å². The summed E-state index contributed by atoms with van der Waals surface area (Å²) >= 11 is 0. The zero-order chi connectivity index (χ0) is 17.6. The van der Waals surface area contributed by atoms with E-state index in [4.69, 9.17) is 9.15 Å². The number of aromatic nitrogens is 1. The summed E-state index contributed by atoms with van der Waals surface area (Å²) in [7, 11) is 0. The number of nitrogens with one attached hydrogen (secondary N) is 1. The minimum absolute atomic E-state index is 0.0343. The van der Waals surface area contributed by atoms with Gasteiger partial charge in [0.1, 0.15) is 12.4 Å².